The lowest BCUT2D eigenvalue weighted by molar-refractivity contribution is 0.425. The second-order valence-corrected chi connectivity index (χ2v) is 8.14. The molecule has 0 aliphatic rings. The summed E-state index contributed by atoms with van der Waals surface area (Å²) in [7, 11) is 0. The fourth-order valence-corrected chi connectivity index (χ4v) is 3.12. The van der Waals surface area contributed by atoms with Crippen LogP contribution in [0.25, 0.3) is 10.9 Å². The Morgan fingerprint density at radius 2 is 2.05 bits per heavy atom. The predicted octanol–water partition coefficient (Wildman–Crippen LogP) is 4.94. The van der Waals surface area contributed by atoms with Crippen molar-refractivity contribution < 1.29 is 0 Å². The van der Waals surface area contributed by atoms with E-state index in [0.717, 1.165) is 23.9 Å². The van der Waals surface area contributed by atoms with Gasteiger partial charge in [-0.05, 0) is 44.2 Å². The summed E-state index contributed by atoms with van der Waals surface area (Å²) in [5, 5.41) is 5.68. The van der Waals surface area contributed by atoms with Crippen LogP contribution < -0.4 is 5.32 Å². The minimum absolute atomic E-state index is 0.124. The maximum atomic E-state index is 6.18. The minimum Gasteiger partial charge on any atom is -0.346 e. The normalized spacial score (nSPS) is 12.2. The van der Waals surface area contributed by atoms with Gasteiger partial charge in [-0.2, -0.15) is 11.8 Å². The van der Waals surface area contributed by atoms with Gasteiger partial charge >= 0.3 is 0 Å². The van der Waals surface area contributed by atoms with E-state index < -0.39 is 0 Å². The van der Waals surface area contributed by atoms with Crippen LogP contribution in [0.15, 0.2) is 24.4 Å². The molecule has 0 aliphatic carbocycles. The number of hydrogen-bond acceptors (Lipinski definition) is 2. The van der Waals surface area contributed by atoms with E-state index in [0.29, 0.717) is 0 Å². The Bertz CT molecular complexity index is 599. The third-order valence-corrected chi connectivity index (χ3v) is 4.53. The van der Waals surface area contributed by atoms with E-state index >= 15 is 0 Å². The summed E-state index contributed by atoms with van der Waals surface area (Å²) in [4.78, 5) is 0. The first-order valence-corrected chi connectivity index (χ1v) is 9.04. The molecule has 0 fully saturated rings. The summed E-state index contributed by atoms with van der Waals surface area (Å²) in [6.07, 6.45) is 2.27. The molecule has 0 amide bonds. The van der Waals surface area contributed by atoms with Gasteiger partial charge in [-0.1, -0.05) is 24.6 Å². The standard InChI is InChI=1S/C17H25ClN2S/c1-5-21-9-8-20-12-13(11-19-17(2,3)4)15-7-6-14(18)10-16(15)20/h6-7,10,12,19H,5,8-9,11H2,1-4H3. The van der Waals surface area contributed by atoms with Crippen LogP contribution in [0.3, 0.4) is 0 Å². The second-order valence-electron chi connectivity index (χ2n) is 6.31. The van der Waals surface area contributed by atoms with E-state index in [2.05, 4.69) is 55.9 Å². The molecule has 0 unspecified atom stereocenters. The van der Waals surface area contributed by atoms with E-state index in [1.807, 2.05) is 17.8 Å². The summed E-state index contributed by atoms with van der Waals surface area (Å²) in [5.74, 6) is 2.30. The Hall–Kier alpha value is -0.640. The van der Waals surface area contributed by atoms with Crippen LogP contribution in [0.5, 0.6) is 0 Å². The van der Waals surface area contributed by atoms with Gasteiger partial charge < -0.3 is 9.88 Å². The monoisotopic (exact) mass is 324 g/mol. The number of thioether (sulfide) groups is 1. The van der Waals surface area contributed by atoms with E-state index in [1.165, 1.54) is 22.2 Å². The lowest BCUT2D eigenvalue weighted by Crippen LogP contribution is -2.34. The summed E-state index contributed by atoms with van der Waals surface area (Å²) < 4.78 is 2.34. The smallest absolute Gasteiger partial charge is 0.0498 e. The largest absolute Gasteiger partial charge is 0.346 e. The van der Waals surface area contributed by atoms with Gasteiger partial charge in [0.25, 0.3) is 0 Å². The Morgan fingerprint density at radius 3 is 2.71 bits per heavy atom. The summed E-state index contributed by atoms with van der Waals surface area (Å²) in [6, 6.07) is 6.20. The molecule has 0 bridgehead atoms. The maximum absolute atomic E-state index is 6.18. The third-order valence-electron chi connectivity index (χ3n) is 3.42. The molecule has 2 nitrogen and oxygen atoms in total. The van der Waals surface area contributed by atoms with Crippen molar-refractivity contribution in [1.82, 2.24) is 9.88 Å². The Balaban J connectivity index is 2.28. The molecule has 4 heteroatoms. The van der Waals surface area contributed by atoms with Crippen LogP contribution in [-0.4, -0.2) is 21.6 Å². The highest BCUT2D eigenvalue weighted by atomic mass is 35.5. The highest BCUT2D eigenvalue weighted by Crippen LogP contribution is 2.25. The maximum Gasteiger partial charge on any atom is 0.0498 e. The Labute approximate surface area is 137 Å². The molecule has 1 heterocycles. The van der Waals surface area contributed by atoms with E-state index in [-0.39, 0.29) is 5.54 Å². The van der Waals surface area contributed by atoms with Crippen LogP contribution in [0.4, 0.5) is 0 Å². The molecule has 1 aromatic heterocycles. The quantitative estimate of drug-likeness (QED) is 0.758. The average Bonchev–Trinajstić information content (AvgIpc) is 2.74. The van der Waals surface area contributed by atoms with Crippen molar-refractivity contribution in [3.8, 4) is 0 Å². The number of fused-ring (bicyclic) bond motifs is 1. The van der Waals surface area contributed by atoms with Crippen molar-refractivity contribution >= 4 is 34.3 Å². The predicted molar refractivity (Wildman–Crippen MR) is 96.5 cm³/mol. The molecule has 0 aliphatic heterocycles. The Morgan fingerprint density at radius 1 is 1.29 bits per heavy atom. The van der Waals surface area contributed by atoms with Crippen molar-refractivity contribution in [3.05, 3.63) is 35.0 Å². The van der Waals surface area contributed by atoms with Gasteiger partial charge in [0.1, 0.15) is 0 Å². The SMILES string of the molecule is CCSCCn1cc(CNC(C)(C)C)c2ccc(Cl)cc21. The van der Waals surface area contributed by atoms with E-state index in [1.54, 1.807) is 0 Å². The van der Waals surface area contributed by atoms with Crippen molar-refractivity contribution in [1.29, 1.82) is 0 Å². The van der Waals surface area contributed by atoms with Crippen LogP contribution >= 0.6 is 23.4 Å². The molecule has 0 saturated carbocycles. The van der Waals surface area contributed by atoms with Gasteiger partial charge in [0.05, 0.1) is 0 Å². The van der Waals surface area contributed by atoms with Crippen LogP contribution in [-0.2, 0) is 13.1 Å². The fourth-order valence-electron chi connectivity index (χ4n) is 2.33. The van der Waals surface area contributed by atoms with Crippen molar-refractivity contribution in [3.63, 3.8) is 0 Å². The van der Waals surface area contributed by atoms with E-state index in [9.17, 15) is 0 Å². The number of hydrogen-bond donors (Lipinski definition) is 1. The number of aryl methyl sites for hydroxylation is 1. The molecule has 2 aromatic rings. The molecule has 1 N–H and O–H groups in total. The molecule has 0 radical (unpaired) electrons. The topological polar surface area (TPSA) is 17.0 Å². The van der Waals surface area contributed by atoms with Gasteiger partial charge in [0.15, 0.2) is 0 Å². The summed E-state index contributed by atoms with van der Waals surface area (Å²) in [6.45, 7) is 10.7. The van der Waals surface area contributed by atoms with E-state index in [4.69, 9.17) is 11.6 Å². The first kappa shape index (κ1) is 16.7. The zero-order valence-electron chi connectivity index (χ0n) is 13.4. The van der Waals surface area contributed by atoms with Crippen LogP contribution in [0.1, 0.15) is 33.3 Å². The molecule has 21 heavy (non-hydrogen) atoms. The molecule has 1 aromatic carbocycles. The Kier molecular flexibility index (Phi) is 5.64. The van der Waals surface area contributed by atoms with Crippen LogP contribution in [0.2, 0.25) is 5.02 Å². The molecular weight excluding hydrogens is 300 g/mol. The lowest BCUT2D eigenvalue weighted by Gasteiger charge is -2.20. The molecule has 116 valence electrons. The van der Waals surface area contributed by atoms with Crippen molar-refractivity contribution in [2.75, 3.05) is 11.5 Å². The number of rotatable bonds is 6. The van der Waals surface area contributed by atoms with Crippen molar-refractivity contribution in [2.24, 2.45) is 0 Å². The molecule has 0 saturated heterocycles. The minimum atomic E-state index is 0.124. The third kappa shape index (κ3) is 4.67. The second kappa shape index (κ2) is 7.08. The highest BCUT2D eigenvalue weighted by Gasteiger charge is 2.13. The summed E-state index contributed by atoms with van der Waals surface area (Å²) >= 11 is 8.15. The summed E-state index contributed by atoms with van der Waals surface area (Å²) in [5.41, 5.74) is 2.71. The highest BCUT2D eigenvalue weighted by molar-refractivity contribution is 7.99. The number of aromatic nitrogens is 1. The molecule has 2 rings (SSSR count). The molecule has 0 atom stereocenters. The van der Waals surface area contributed by atoms with Crippen molar-refractivity contribution in [2.45, 2.75) is 46.3 Å². The fraction of sp³-hybridized carbons (Fsp3) is 0.529. The zero-order valence-corrected chi connectivity index (χ0v) is 14.9. The number of benzene rings is 1. The zero-order chi connectivity index (χ0) is 15.5. The van der Waals surface area contributed by atoms with Crippen LogP contribution in [0, 0.1) is 0 Å². The number of nitrogens with zero attached hydrogens (tertiary/aromatic N) is 1. The molecule has 0 spiro atoms. The first-order chi connectivity index (χ1) is 9.90. The number of halogens is 1. The first-order valence-electron chi connectivity index (χ1n) is 7.51. The van der Waals surface area contributed by atoms with Gasteiger partial charge in [0.2, 0.25) is 0 Å². The van der Waals surface area contributed by atoms with Gasteiger partial charge in [-0.25, -0.2) is 0 Å². The van der Waals surface area contributed by atoms with Gasteiger partial charge in [0, 0.05) is 46.5 Å². The molecular formula is C17H25ClN2S. The van der Waals surface area contributed by atoms with Gasteiger partial charge in [-0.3, -0.25) is 0 Å². The average molecular weight is 325 g/mol. The lowest BCUT2D eigenvalue weighted by atomic mass is 10.1. The number of nitrogens with one attached hydrogen (secondary N) is 1. The van der Waals surface area contributed by atoms with Gasteiger partial charge in [-0.15, -0.1) is 0 Å².